The van der Waals surface area contributed by atoms with Crippen LogP contribution in [0, 0.1) is 5.92 Å². The fraction of sp³-hybridized carbons (Fsp3) is 0.353. The predicted molar refractivity (Wildman–Crippen MR) is 93.3 cm³/mol. The number of nitrogens with two attached hydrogens (primary N) is 1. The molecule has 1 saturated carbocycles. The monoisotopic (exact) mass is 332 g/mol. The van der Waals surface area contributed by atoms with Gasteiger partial charge in [0.25, 0.3) is 0 Å². The van der Waals surface area contributed by atoms with Crippen LogP contribution in [0.1, 0.15) is 25.7 Å². The van der Waals surface area contributed by atoms with Crippen LogP contribution in [-0.4, -0.2) is 21.9 Å². The molecule has 3 rings (SSSR count). The van der Waals surface area contributed by atoms with Crippen molar-refractivity contribution in [2.24, 2.45) is 11.7 Å². The first-order valence-corrected chi connectivity index (χ1v) is 7.65. The normalized spacial score (nSPS) is 19.9. The van der Waals surface area contributed by atoms with Crippen molar-refractivity contribution in [3.05, 3.63) is 42.7 Å². The second kappa shape index (κ2) is 8.04. The fourth-order valence-electron chi connectivity index (χ4n) is 2.90. The SMILES string of the molecule is Cl.N[C@@H]1CCC[C@H]1CC(=O)Nc1cnc(-c2ccccc2)nc1. The Labute approximate surface area is 142 Å². The van der Waals surface area contributed by atoms with Gasteiger partial charge in [0.15, 0.2) is 5.82 Å². The van der Waals surface area contributed by atoms with Crippen LogP contribution in [0.4, 0.5) is 5.69 Å². The number of hydrogen-bond acceptors (Lipinski definition) is 4. The van der Waals surface area contributed by atoms with Gasteiger partial charge < -0.3 is 11.1 Å². The minimum atomic E-state index is -0.0154. The Bertz CT molecular complexity index is 633. The summed E-state index contributed by atoms with van der Waals surface area (Å²) in [5, 5.41) is 2.85. The minimum Gasteiger partial charge on any atom is -0.327 e. The highest BCUT2D eigenvalue weighted by atomic mass is 35.5. The Morgan fingerprint density at radius 1 is 1.17 bits per heavy atom. The molecule has 6 heteroatoms. The molecule has 1 amide bonds. The molecular formula is C17H21ClN4O. The van der Waals surface area contributed by atoms with Crippen molar-refractivity contribution < 1.29 is 4.79 Å². The van der Waals surface area contributed by atoms with Crippen LogP contribution in [-0.2, 0) is 4.79 Å². The van der Waals surface area contributed by atoms with E-state index in [4.69, 9.17) is 5.73 Å². The number of amides is 1. The lowest BCUT2D eigenvalue weighted by Crippen LogP contribution is -2.28. The molecule has 2 atom stereocenters. The average Bonchev–Trinajstić information content (AvgIpc) is 2.94. The van der Waals surface area contributed by atoms with Gasteiger partial charge in [-0.05, 0) is 18.8 Å². The number of rotatable bonds is 4. The zero-order valence-electron chi connectivity index (χ0n) is 12.8. The highest BCUT2D eigenvalue weighted by Gasteiger charge is 2.26. The summed E-state index contributed by atoms with van der Waals surface area (Å²) in [5.41, 5.74) is 7.58. The molecular weight excluding hydrogens is 312 g/mol. The van der Waals surface area contributed by atoms with Crippen LogP contribution in [0.25, 0.3) is 11.4 Å². The standard InChI is InChI=1S/C17H20N4O.ClH/c18-15-8-4-7-13(15)9-16(22)21-14-10-19-17(20-11-14)12-5-2-1-3-6-12;/h1-3,5-6,10-11,13,15H,4,7-9,18H2,(H,21,22);1H/t13-,15+;/m0./s1. The maximum absolute atomic E-state index is 12.0. The second-order valence-corrected chi connectivity index (χ2v) is 5.77. The van der Waals surface area contributed by atoms with Gasteiger partial charge in [0.1, 0.15) is 0 Å². The number of hydrogen-bond donors (Lipinski definition) is 2. The molecule has 0 aliphatic heterocycles. The van der Waals surface area contributed by atoms with E-state index in [0.717, 1.165) is 24.8 Å². The third-order valence-electron chi connectivity index (χ3n) is 4.13. The van der Waals surface area contributed by atoms with Crippen molar-refractivity contribution in [1.82, 2.24) is 9.97 Å². The van der Waals surface area contributed by atoms with Gasteiger partial charge in [-0.15, -0.1) is 12.4 Å². The zero-order chi connectivity index (χ0) is 15.4. The zero-order valence-corrected chi connectivity index (χ0v) is 13.6. The lowest BCUT2D eigenvalue weighted by atomic mass is 10.00. The molecule has 1 heterocycles. The van der Waals surface area contributed by atoms with Crippen LogP contribution in [0.2, 0.25) is 0 Å². The molecule has 0 saturated heterocycles. The Balaban J connectivity index is 0.00000192. The van der Waals surface area contributed by atoms with Crippen molar-refractivity contribution in [3.8, 4) is 11.4 Å². The quantitative estimate of drug-likeness (QED) is 0.901. The van der Waals surface area contributed by atoms with Crippen molar-refractivity contribution in [2.45, 2.75) is 31.7 Å². The summed E-state index contributed by atoms with van der Waals surface area (Å²) in [7, 11) is 0. The summed E-state index contributed by atoms with van der Waals surface area (Å²) in [6.45, 7) is 0. The minimum absolute atomic E-state index is 0. The van der Waals surface area contributed by atoms with Crippen molar-refractivity contribution in [3.63, 3.8) is 0 Å². The van der Waals surface area contributed by atoms with E-state index in [1.807, 2.05) is 30.3 Å². The van der Waals surface area contributed by atoms with Gasteiger partial charge in [-0.25, -0.2) is 9.97 Å². The van der Waals surface area contributed by atoms with Gasteiger partial charge in [-0.3, -0.25) is 4.79 Å². The molecule has 0 spiro atoms. The van der Waals surface area contributed by atoms with E-state index >= 15 is 0 Å². The molecule has 1 aliphatic carbocycles. The Kier molecular flexibility index (Phi) is 6.07. The first-order valence-electron chi connectivity index (χ1n) is 7.65. The van der Waals surface area contributed by atoms with Crippen molar-refractivity contribution in [1.29, 1.82) is 0 Å². The van der Waals surface area contributed by atoms with E-state index < -0.39 is 0 Å². The number of nitrogens with zero attached hydrogens (tertiary/aromatic N) is 2. The lowest BCUT2D eigenvalue weighted by Gasteiger charge is -2.14. The third kappa shape index (κ3) is 4.50. The van der Waals surface area contributed by atoms with E-state index in [0.29, 0.717) is 23.9 Å². The number of nitrogens with one attached hydrogen (secondary N) is 1. The smallest absolute Gasteiger partial charge is 0.224 e. The van der Waals surface area contributed by atoms with Crippen molar-refractivity contribution >= 4 is 24.0 Å². The summed E-state index contributed by atoms with van der Waals surface area (Å²) >= 11 is 0. The molecule has 0 radical (unpaired) electrons. The summed E-state index contributed by atoms with van der Waals surface area (Å²) in [5.74, 6) is 0.930. The summed E-state index contributed by atoms with van der Waals surface area (Å²) in [6.07, 6.45) is 6.93. The van der Waals surface area contributed by atoms with E-state index in [2.05, 4.69) is 15.3 Å². The number of anilines is 1. The van der Waals surface area contributed by atoms with Gasteiger partial charge in [0, 0.05) is 18.0 Å². The van der Waals surface area contributed by atoms with Gasteiger partial charge >= 0.3 is 0 Å². The predicted octanol–water partition coefficient (Wildman–Crippen LogP) is 3.02. The number of aromatic nitrogens is 2. The summed E-state index contributed by atoms with van der Waals surface area (Å²) < 4.78 is 0. The van der Waals surface area contributed by atoms with E-state index in [-0.39, 0.29) is 24.4 Å². The summed E-state index contributed by atoms with van der Waals surface area (Å²) in [6, 6.07) is 9.90. The first-order chi connectivity index (χ1) is 10.7. The molecule has 3 N–H and O–H groups in total. The molecule has 1 aromatic carbocycles. The highest BCUT2D eigenvalue weighted by molar-refractivity contribution is 5.90. The molecule has 1 aliphatic rings. The fourth-order valence-corrected chi connectivity index (χ4v) is 2.90. The van der Waals surface area contributed by atoms with Crippen LogP contribution in [0.5, 0.6) is 0 Å². The first kappa shape index (κ1) is 17.4. The van der Waals surface area contributed by atoms with E-state index in [9.17, 15) is 4.79 Å². The number of benzene rings is 1. The maximum atomic E-state index is 12.0. The summed E-state index contributed by atoms with van der Waals surface area (Å²) in [4.78, 5) is 20.6. The van der Waals surface area contributed by atoms with Crippen LogP contribution in [0.3, 0.4) is 0 Å². The van der Waals surface area contributed by atoms with Crippen molar-refractivity contribution in [2.75, 3.05) is 5.32 Å². The van der Waals surface area contributed by atoms with Crippen LogP contribution < -0.4 is 11.1 Å². The third-order valence-corrected chi connectivity index (χ3v) is 4.13. The number of halogens is 1. The van der Waals surface area contributed by atoms with Crippen LogP contribution >= 0.6 is 12.4 Å². The molecule has 23 heavy (non-hydrogen) atoms. The average molecular weight is 333 g/mol. The largest absolute Gasteiger partial charge is 0.327 e. The Morgan fingerprint density at radius 3 is 2.48 bits per heavy atom. The molecule has 2 aromatic rings. The maximum Gasteiger partial charge on any atom is 0.224 e. The van der Waals surface area contributed by atoms with Gasteiger partial charge in [-0.2, -0.15) is 0 Å². The number of carbonyl (C=O) groups is 1. The van der Waals surface area contributed by atoms with Gasteiger partial charge in [0.2, 0.25) is 5.91 Å². The number of carbonyl (C=O) groups excluding carboxylic acids is 1. The Morgan fingerprint density at radius 2 is 1.87 bits per heavy atom. The lowest BCUT2D eigenvalue weighted by molar-refractivity contribution is -0.117. The molecule has 122 valence electrons. The molecule has 1 fully saturated rings. The van der Waals surface area contributed by atoms with E-state index in [1.165, 1.54) is 0 Å². The highest BCUT2D eigenvalue weighted by Crippen LogP contribution is 2.27. The van der Waals surface area contributed by atoms with Gasteiger partial charge in [-0.1, -0.05) is 36.8 Å². The topological polar surface area (TPSA) is 80.9 Å². The van der Waals surface area contributed by atoms with Crippen LogP contribution in [0.15, 0.2) is 42.7 Å². The Hall–Kier alpha value is -1.98. The molecule has 1 aromatic heterocycles. The van der Waals surface area contributed by atoms with Gasteiger partial charge in [0.05, 0.1) is 18.1 Å². The molecule has 0 unspecified atom stereocenters. The van der Waals surface area contributed by atoms with E-state index in [1.54, 1.807) is 12.4 Å². The molecule has 5 nitrogen and oxygen atoms in total. The second-order valence-electron chi connectivity index (χ2n) is 5.77. The molecule has 0 bridgehead atoms.